The van der Waals surface area contributed by atoms with Crippen LogP contribution in [0.5, 0.6) is 0 Å². The van der Waals surface area contributed by atoms with Gasteiger partial charge in [0.25, 0.3) is 0 Å². The number of nitrogens with one attached hydrogen (secondary N) is 1. The highest BCUT2D eigenvalue weighted by molar-refractivity contribution is 7.99. The molecule has 146 valence electrons. The summed E-state index contributed by atoms with van der Waals surface area (Å²) in [7, 11) is -3.76. The highest BCUT2D eigenvalue weighted by Crippen LogP contribution is 2.19. The number of rotatable bonds is 7. The molecule has 0 aliphatic carbocycles. The molecule has 2 aromatic carbocycles. The molecule has 1 heterocycles. The average Bonchev–Trinajstić information content (AvgIpc) is 3.00. The van der Waals surface area contributed by atoms with Gasteiger partial charge in [-0.15, -0.1) is 10.2 Å². The SMILES string of the molecule is Cc1nnc(SCC(=O)Nc2ccc(S(N)(=O)=O)cc2)n1Cc1ccccc1. The van der Waals surface area contributed by atoms with Crippen LogP contribution in [0.15, 0.2) is 64.6 Å². The molecule has 0 saturated heterocycles. The monoisotopic (exact) mass is 417 g/mol. The van der Waals surface area contributed by atoms with Crippen molar-refractivity contribution in [2.45, 2.75) is 23.5 Å². The van der Waals surface area contributed by atoms with Gasteiger partial charge in [0.1, 0.15) is 5.82 Å². The fraction of sp³-hybridized carbons (Fsp3) is 0.167. The van der Waals surface area contributed by atoms with E-state index < -0.39 is 10.0 Å². The van der Waals surface area contributed by atoms with Gasteiger partial charge in [0.05, 0.1) is 17.2 Å². The van der Waals surface area contributed by atoms with E-state index in [9.17, 15) is 13.2 Å². The van der Waals surface area contributed by atoms with Crippen molar-refractivity contribution in [1.29, 1.82) is 0 Å². The third-order valence-corrected chi connectivity index (χ3v) is 5.78. The quantitative estimate of drug-likeness (QED) is 0.568. The molecule has 1 amide bonds. The van der Waals surface area contributed by atoms with Gasteiger partial charge in [-0.25, -0.2) is 13.6 Å². The number of nitrogens with two attached hydrogens (primary N) is 1. The zero-order chi connectivity index (χ0) is 20.1. The van der Waals surface area contributed by atoms with E-state index in [1.54, 1.807) is 0 Å². The number of benzene rings is 2. The van der Waals surface area contributed by atoms with Crippen molar-refractivity contribution in [3.63, 3.8) is 0 Å². The van der Waals surface area contributed by atoms with Crippen LogP contribution in [-0.2, 0) is 21.4 Å². The first-order valence-corrected chi connectivity index (χ1v) is 10.9. The van der Waals surface area contributed by atoms with Gasteiger partial charge in [-0.1, -0.05) is 42.1 Å². The lowest BCUT2D eigenvalue weighted by Gasteiger charge is -2.09. The summed E-state index contributed by atoms with van der Waals surface area (Å²) in [5.41, 5.74) is 1.60. The second-order valence-electron chi connectivity index (χ2n) is 6.01. The summed E-state index contributed by atoms with van der Waals surface area (Å²) in [4.78, 5) is 12.2. The zero-order valence-electron chi connectivity index (χ0n) is 15.1. The summed E-state index contributed by atoms with van der Waals surface area (Å²) in [5.74, 6) is 0.676. The van der Waals surface area contributed by atoms with Gasteiger partial charge in [0, 0.05) is 5.69 Å². The average molecular weight is 418 g/mol. The third-order valence-electron chi connectivity index (χ3n) is 3.88. The van der Waals surface area contributed by atoms with Crippen molar-refractivity contribution < 1.29 is 13.2 Å². The van der Waals surface area contributed by atoms with Crippen LogP contribution in [0.4, 0.5) is 5.69 Å². The Bertz CT molecular complexity index is 1060. The van der Waals surface area contributed by atoms with Crippen molar-refractivity contribution in [3.8, 4) is 0 Å². The van der Waals surface area contributed by atoms with Gasteiger partial charge in [0.2, 0.25) is 15.9 Å². The van der Waals surface area contributed by atoms with Gasteiger partial charge < -0.3 is 9.88 Å². The number of carbonyl (C=O) groups excluding carboxylic acids is 1. The largest absolute Gasteiger partial charge is 0.325 e. The molecule has 0 bridgehead atoms. The predicted molar refractivity (Wildman–Crippen MR) is 107 cm³/mol. The molecule has 0 unspecified atom stereocenters. The molecule has 0 spiro atoms. The molecular weight excluding hydrogens is 398 g/mol. The number of primary sulfonamides is 1. The van der Waals surface area contributed by atoms with Crippen LogP contribution in [0, 0.1) is 6.92 Å². The number of thioether (sulfide) groups is 1. The fourth-order valence-electron chi connectivity index (χ4n) is 2.47. The lowest BCUT2D eigenvalue weighted by Crippen LogP contribution is -2.15. The van der Waals surface area contributed by atoms with Crippen LogP contribution in [0.2, 0.25) is 0 Å². The van der Waals surface area contributed by atoms with Crippen molar-refractivity contribution in [2.24, 2.45) is 5.14 Å². The molecule has 3 aromatic rings. The van der Waals surface area contributed by atoms with Crippen molar-refractivity contribution in [3.05, 3.63) is 66.0 Å². The van der Waals surface area contributed by atoms with Crippen LogP contribution >= 0.6 is 11.8 Å². The fourth-order valence-corrected chi connectivity index (χ4v) is 3.77. The van der Waals surface area contributed by atoms with Crippen LogP contribution in [0.1, 0.15) is 11.4 Å². The molecule has 3 N–H and O–H groups in total. The van der Waals surface area contributed by atoms with E-state index in [2.05, 4.69) is 15.5 Å². The van der Waals surface area contributed by atoms with Crippen molar-refractivity contribution in [2.75, 3.05) is 11.1 Å². The molecule has 28 heavy (non-hydrogen) atoms. The summed E-state index contributed by atoms with van der Waals surface area (Å²) in [6.45, 7) is 2.49. The third kappa shape index (κ3) is 5.18. The Morgan fingerprint density at radius 3 is 2.43 bits per heavy atom. The van der Waals surface area contributed by atoms with Crippen molar-refractivity contribution >= 4 is 33.4 Å². The Balaban J connectivity index is 1.61. The number of aryl methyl sites for hydroxylation is 1. The highest BCUT2D eigenvalue weighted by atomic mass is 32.2. The molecule has 0 atom stereocenters. The Morgan fingerprint density at radius 2 is 1.79 bits per heavy atom. The number of aromatic nitrogens is 3. The van der Waals surface area contributed by atoms with E-state index in [0.717, 1.165) is 11.4 Å². The van der Waals surface area contributed by atoms with E-state index in [1.807, 2.05) is 41.8 Å². The van der Waals surface area contributed by atoms with Crippen molar-refractivity contribution in [1.82, 2.24) is 14.8 Å². The van der Waals surface area contributed by atoms with Crippen LogP contribution in [0.3, 0.4) is 0 Å². The number of sulfonamides is 1. The topological polar surface area (TPSA) is 120 Å². The Labute approximate surface area is 167 Å². The molecule has 0 radical (unpaired) electrons. The number of hydrogen-bond acceptors (Lipinski definition) is 6. The van der Waals surface area contributed by atoms with Gasteiger partial charge >= 0.3 is 0 Å². The van der Waals surface area contributed by atoms with E-state index in [0.29, 0.717) is 17.4 Å². The maximum atomic E-state index is 12.2. The lowest BCUT2D eigenvalue weighted by atomic mass is 10.2. The number of amides is 1. The molecule has 8 nitrogen and oxygen atoms in total. The first-order valence-electron chi connectivity index (χ1n) is 8.32. The molecule has 10 heteroatoms. The Hall–Kier alpha value is -2.69. The summed E-state index contributed by atoms with van der Waals surface area (Å²) in [6.07, 6.45) is 0. The van der Waals surface area contributed by atoms with E-state index in [4.69, 9.17) is 5.14 Å². The van der Waals surface area contributed by atoms with Crippen LogP contribution in [0.25, 0.3) is 0 Å². The second-order valence-corrected chi connectivity index (χ2v) is 8.51. The number of nitrogens with zero attached hydrogens (tertiary/aromatic N) is 3. The maximum Gasteiger partial charge on any atom is 0.238 e. The first kappa shape index (κ1) is 20.1. The summed E-state index contributed by atoms with van der Waals surface area (Å²) in [5, 5.41) is 16.7. The normalized spacial score (nSPS) is 11.4. The first-order chi connectivity index (χ1) is 13.3. The number of carbonyl (C=O) groups is 1. The predicted octanol–water partition coefficient (Wildman–Crippen LogP) is 2.01. The van der Waals surface area contributed by atoms with Gasteiger partial charge in [-0.3, -0.25) is 4.79 Å². The zero-order valence-corrected chi connectivity index (χ0v) is 16.7. The van der Waals surface area contributed by atoms with Crippen LogP contribution < -0.4 is 10.5 Å². The second kappa shape index (κ2) is 8.55. The number of hydrogen-bond donors (Lipinski definition) is 2. The smallest absolute Gasteiger partial charge is 0.238 e. The molecule has 0 fully saturated rings. The van der Waals surface area contributed by atoms with E-state index in [-0.39, 0.29) is 16.6 Å². The molecule has 0 saturated carbocycles. The van der Waals surface area contributed by atoms with Gasteiger partial charge in [-0.2, -0.15) is 0 Å². The van der Waals surface area contributed by atoms with E-state index in [1.165, 1.54) is 36.0 Å². The standard InChI is InChI=1S/C18H19N5O3S2/c1-13-21-22-18(23(13)11-14-5-3-2-4-6-14)27-12-17(24)20-15-7-9-16(10-8-15)28(19,25)26/h2-10H,11-12H2,1H3,(H,20,24)(H2,19,25,26). The molecule has 0 aliphatic heterocycles. The minimum Gasteiger partial charge on any atom is -0.325 e. The maximum absolute atomic E-state index is 12.2. The lowest BCUT2D eigenvalue weighted by molar-refractivity contribution is -0.113. The molecule has 0 aliphatic rings. The minimum atomic E-state index is -3.76. The van der Waals surface area contributed by atoms with Gasteiger partial charge in [0.15, 0.2) is 5.16 Å². The highest BCUT2D eigenvalue weighted by Gasteiger charge is 2.13. The van der Waals surface area contributed by atoms with Gasteiger partial charge in [-0.05, 0) is 36.8 Å². The summed E-state index contributed by atoms with van der Waals surface area (Å²) < 4.78 is 24.5. The van der Waals surface area contributed by atoms with Crippen LogP contribution in [-0.4, -0.2) is 34.8 Å². The Morgan fingerprint density at radius 1 is 1.11 bits per heavy atom. The number of anilines is 1. The Kier molecular flexibility index (Phi) is 6.12. The van der Waals surface area contributed by atoms with E-state index >= 15 is 0 Å². The minimum absolute atomic E-state index is 0.00985. The molecular formula is C18H19N5O3S2. The molecule has 1 aromatic heterocycles. The molecule has 3 rings (SSSR count). The summed E-state index contributed by atoms with van der Waals surface area (Å²) >= 11 is 1.28. The summed E-state index contributed by atoms with van der Waals surface area (Å²) in [6, 6.07) is 15.6.